The molecule has 0 aromatic rings. The van der Waals surface area contributed by atoms with Gasteiger partial charge < -0.3 is 28.8 Å². The van der Waals surface area contributed by atoms with E-state index in [0.717, 1.165) is 70.6 Å². The summed E-state index contributed by atoms with van der Waals surface area (Å²) in [5.74, 6) is -0.976. The van der Waals surface area contributed by atoms with E-state index in [1.807, 2.05) is 0 Å². The van der Waals surface area contributed by atoms with Gasteiger partial charge in [-0.05, 0) is 32.1 Å². The molecule has 0 bridgehead atoms. The molecule has 29 heavy (non-hydrogen) atoms. The summed E-state index contributed by atoms with van der Waals surface area (Å²) in [4.78, 5) is 0. The van der Waals surface area contributed by atoms with Crippen molar-refractivity contribution in [1.29, 1.82) is 0 Å². The third-order valence-electron chi connectivity index (χ3n) is 7.71. The molecule has 6 heteroatoms. The molecule has 5 rings (SSSR count). The monoisotopic (exact) mass is 410 g/mol. The van der Waals surface area contributed by atoms with Gasteiger partial charge in [0.05, 0.1) is 12.7 Å². The van der Waals surface area contributed by atoms with Crippen molar-refractivity contribution < 1.29 is 28.8 Å². The van der Waals surface area contributed by atoms with Crippen LogP contribution in [0.5, 0.6) is 0 Å². The summed E-state index contributed by atoms with van der Waals surface area (Å²) in [6.45, 7) is 2.71. The average Bonchev–Trinajstić information content (AvgIpc) is 3.31. The zero-order chi connectivity index (χ0) is 19.9. The summed E-state index contributed by atoms with van der Waals surface area (Å²) in [5.41, 5.74) is 0. The highest BCUT2D eigenvalue weighted by Crippen LogP contribution is 2.48. The van der Waals surface area contributed by atoms with E-state index in [4.69, 9.17) is 23.7 Å². The summed E-state index contributed by atoms with van der Waals surface area (Å²) in [6.07, 6.45) is 11.9. The van der Waals surface area contributed by atoms with Crippen LogP contribution in [0.1, 0.15) is 90.4 Å². The number of hydrogen-bond acceptors (Lipinski definition) is 6. The van der Waals surface area contributed by atoms with Crippen LogP contribution in [0.4, 0.5) is 0 Å². The van der Waals surface area contributed by atoms with Gasteiger partial charge in [-0.2, -0.15) is 0 Å². The van der Waals surface area contributed by atoms with Crippen molar-refractivity contribution in [2.45, 2.75) is 139 Å². The van der Waals surface area contributed by atoms with Crippen LogP contribution < -0.4 is 0 Å². The number of aliphatic hydroxyl groups excluding tert-OH is 1. The lowest BCUT2D eigenvalue weighted by Crippen LogP contribution is -2.60. The molecule has 0 amide bonds. The second-order valence-corrected chi connectivity index (χ2v) is 9.85. The Balaban J connectivity index is 1.36. The first-order chi connectivity index (χ1) is 14.1. The molecule has 0 aromatic heterocycles. The Bertz CT molecular complexity index is 556. The quantitative estimate of drug-likeness (QED) is 0.760. The lowest BCUT2D eigenvalue weighted by molar-refractivity contribution is -0.241. The van der Waals surface area contributed by atoms with Crippen LogP contribution in [-0.4, -0.2) is 59.9 Å². The van der Waals surface area contributed by atoms with E-state index in [2.05, 4.69) is 6.92 Å². The second kappa shape index (κ2) is 8.36. The number of unbranched alkanes of at least 4 members (excludes halogenated alkanes) is 1. The molecule has 3 saturated heterocycles. The Morgan fingerprint density at radius 2 is 1.45 bits per heavy atom. The second-order valence-electron chi connectivity index (χ2n) is 9.85. The number of hydrogen-bond donors (Lipinski definition) is 1. The van der Waals surface area contributed by atoms with Crippen LogP contribution in [0.15, 0.2) is 0 Å². The highest BCUT2D eigenvalue weighted by molar-refractivity contribution is 5.04. The minimum atomic E-state index is -0.643. The third kappa shape index (κ3) is 3.90. The SMILES string of the molecule is CCCC[C@@H]1O[C@@H]([C@H]2COC3(CCCCC3)O2)[C@H]2OC3(CCCCC3)O[C@H]2[C@H]1O. The predicted octanol–water partition coefficient (Wildman–Crippen LogP) is 3.83. The zero-order valence-corrected chi connectivity index (χ0v) is 17.9. The van der Waals surface area contributed by atoms with Gasteiger partial charge in [0.25, 0.3) is 0 Å². The van der Waals surface area contributed by atoms with Crippen LogP contribution >= 0.6 is 0 Å². The molecule has 166 valence electrons. The minimum absolute atomic E-state index is 0.153. The third-order valence-corrected chi connectivity index (χ3v) is 7.71. The molecule has 0 aromatic carbocycles. The maximum Gasteiger partial charge on any atom is 0.169 e. The van der Waals surface area contributed by atoms with Gasteiger partial charge >= 0.3 is 0 Å². The van der Waals surface area contributed by atoms with Gasteiger partial charge in [0.15, 0.2) is 11.6 Å². The normalized spacial score (nSPS) is 43.7. The number of fused-ring (bicyclic) bond motifs is 1. The smallest absolute Gasteiger partial charge is 0.169 e. The first kappa shape index (κ1) is 20.7. The van der Waals surface area contributed by atoms with Crippen molar-refractivity contribution in [3.63, 3.8) is 0 Å². The van der Waals surface area contributed by atoms with Crippen LogP contribution in [0.25, 0.3) is 0 Å². The van der Waals surface area contributed by atoms with E-state index in [0.29, 0.717) is 6.61 Å². The minimum Gasteiger partial charge on any atom is -0.388 e. The summed E-state index contributed by atoms with van der Waals surface area (Å²) in [6, 6.07) is 0. The molecule has 3 heterocycles. The van der Waals surface area contributed by atoms with Crippen LogP contribution in [-0.2, 0) is 23.7 Å². The molecule has 0 unspecified atom stereocenters. The van der Waals surface area contributed by atoms with Crippen molar-refractivity contribution >= 4 is 0 Å². The Kier molecular flexibility index (Phi) is 5.95. The maximum absolute atomic E-state index is 11.1. The van der Waals surface area contributed by atoms with E-state index in [9.17, 15) is 5.11 Å². The van der Waals surface area contributed by atoms with Gasteiger partial charge in [0.2, 0.25) is 0 Å². The van der Waals surface area contributed by atoms with E-state index in [1.165, 1.54) is 12.8 Å². The summed E-state index contributed by atoms with van der Waals surface area (Å²) in [7, 11) is 0. The number of rotatable bonds is 4. The van der Waals surface area contributed by atoms with Crippen LogP contribution in [0.2, 0.25) is 0 Å². The molecule has 6 nitrogen and oxygen atoms in total. The topological polar surface area (TPSA) is 66.4 Å². The number of aliphatic hydroxyl groups is 1. The molecular formula is C23H38O6. The zero-order valence-electron chi connectivity index (χ0n) is 17.9. The molecule has 5 aliphatic rings. The predicted molar refractivity (Wildman–Crippen MR) is 106 cm³/mol. The van der Waals surface area contributed by atoms with Crippen molar-refractivity contribution in [2.75, 3.05) is 6.61 Å². The van der Waals surface area contributed by atoms with E-state index in [1.54, 1.807) is 0 Å². The lowest BCUT2D eigenvalue weighted by Gasteiger charge is -2.42. The largest absolute Gasteiger partial charge is 0.388 e. The van der Waals surface area contributed by atoms with Crippen LogP contribution in [0, 0.1) is 0 Å². The highest BCUT2D eigenvalue weighted by atomic mass is 16.8. The van der Waals surface area contributed by atoms with Crippen molar-refractivity contribution in [1.82, 2.24) is 0 Å². The fourth-order valence-corrected chi connectivity index (χ4v) is 6.11. The van der Waals surface area contributed by atoms with Gasteiger partial charge in [-0.1, -0.05) is 32.6 Å². The van der Waals surface area contributed by atoms with Crippen LogP contribution in [0.3, 0.4) is 0 Å². The first-order valence-electron chi connectivity index (χ1n) is 12.1. The Morgan fingerprint density at radius 3 is 2.14 bits per heavy atom. The van der Waals surface area contributed by atoms with Gasteiger partial charge in [-0.25, -0.2) is 0 Å². The Labute approximate surface area is 174 Å². The van der Waals surface area contributed by atoms with Gasteiger partial charge in [0.1, 0.15) is 30.5 Å². The van der Waals surface area contributed by atoms with Gasteiger partial charge in [-0.15, -0.1) is 0 Å². The maximum atomic E-state index is 11.1. The molecule has 5 fully saturated rings. The van der Waals surface area contributed by atoms with Crippen molar-refractivity contribution in [3.05, 3.63) is 0 Å². The molecule has 2 saturated carbocycles. The molecule has 1 N–H and O–H groups in total. The lowest BCUT2D eigenvalue weighted by atomic mass is 9.90. The molecule has 2 aliphatic carbocycles. The Morgan fingerprint density at radius 1 is 0.793 bits per heavy atom. The summed E-state index contributed by atoms with van der Waals surface area (Å²) < 4.78 is 32.3. The van der Waals surface area contributed by atoms with Crippen molar-refractivity contribution in [2.24, 2.45) is 0 Å². The van der Waals surface area contributed by atoms with E-state index < -0.39 is 17.7 Å². The fraction of sp³-hybridized carbons (Fsp3) is 1.00. The fourth-order valence-electron chi connectivity index (χ4n) is 6.11. The molecular weight excluding hydrogens is 372 g/mol. The summed E-state index contributed by atoms with van der Waals surface area (Å²) in [5, 5.41) is 11.1. The highest BCUT2D eigenvalue weighted by Gasteiger charge is 2.60. The van der Waals surface area contributed by atoms with Gasteiger partial charge in [0, 0.05) is 25.7 Å². The van der Waals surface area contributed by atoms with Crippen molar-refractivity contribution in [3.8, 4) is 0 Å². The van der Waals surface area contributed by atoms with E-state index in [-0.39, 0.29) is 30.5 Å². The molecule has 3 aliphatic heterocycles. The number of ether oxygens (including phenoxy) is 5. The Hall–Kier alpha value is -0.240. The summed E-state index contributed by atoms with van der Waals surface area (Å²) >= 11 is 0. The van der Waals surface area contributed by atoms with Gasteiger partial charge in [-0.3, -0.25) is 0 Å². The molecule has 6 atom stereocenters. The first-order valence-corrected chi connectivity index (χ1v) is 12.1. The molecule has 2 spiro atoms. The standard InChI is InChI=1S/C23H38O6/c1-2-3-10-16-18(24)20-21(29-23(28-20)13-8-5-9-14-23)19(26-16)17-15-25-22(27-17)11-6-4-7-12-22/h16-21,24H,2-15H2,1H3/t16-,17+,18-,19-,20-,21+/m0/s1. The van der Waals surface area contributed by atoms with E-state index >= 15 is 0 Å². The molecule has 0 radical (unpaired) electrons. The average molecular weight is 411 g/mol.